The fraction of sp³-hybridized carbons (Fsp3) is 0.667. The Kier molecular flexibility index (Phi) is 6.86. The van der Waals surface area contributed by atoms with Gasteiger partial charge in [0.15, 0.2) is 6.19 Å². The van der Waals surface area contributed by atoms with E-state index in [0.717, 1.165) is 25.1 Å². The molecule has 0 atom stereocenters. The van der Waals surface area contributed by atoms with E-state index in [1.54, 1.807) is 0 Å². The first-order valence-corrected chi connectivity index (χ1v) is 10.5. The maximum atomic E-state index is 12.8. The molecule has 0 spiro atoms. The number of rotatable bonds is 4. The first-order valence-electron chi connectivity index (χ1n) is 10.5. The summed E-state index contributed by atoms with van der Waals surface area (Å²) < 4.78 is 38.3. The molecule has 164 valence electrons. The zero-order valence-electron chi connectivity index (χ0n) is 17.5. The molecule has 1 aliphatic heterocycles. The molecule has 2 heterocycles. The maximum Gasteiger partial charge on any atom is 0.417 e. The Morgan fingerprint density at radius 3 is 2.33 bits per heavy atom. The summed E-state index contributed by atoms with van der Waals surface area (Å²) in [6.07, 6.45) is 4.25. The number of hydrogen-bond donors (Lipinski definition) is 1. The number of aromatic nitrogens is 1. The van der Waals surface area contributed by atoms with E-state index in [1.165, 1.54) is 25.3 Å². The topological polar surface area (TPSA) is 67.6 Å². The Labute approximate surface area is 175 Å². The lowest BCUT2D eigenvalue weighted by Gasteiger charge is -2.44. The minimum atomic E-state index is -4.38. The molecule has 0 bridgehead atoms. The van der Waals surface area contributed by atoms with Crippen LogP contribution in [0.2, 0.25) is 0 Å². The van der Waals surface area contributed by atoms with Crippen LogP contribution in [0, 0.1) is 11.5 Å². The summed E-state index contributed by atoms with van der Waals surface area (Å²) >= 11 is 0. The molecule has 9 heteroatoms. The molecule has 1 N–H and O–H groups in total. The van der Waals surface area contributed by atoms with E-state index in [-0.39, 0.29) is 6.04 Å². The molecule has 0 unspecified atom stereocenters. The number of nitrogens with zero attached hydrogens (tertiary/aromatic N) is 5. The van der Waals surface area contributed by atoms with Gasteiger partial charge in [-0.05, 0) is 38.8 Å². The van der Waals surface area contributed by atoms with Crippen LogP contribution in [0.15, 0.2) is 23.3 Å². The van der Waals surface area contributed by atoms with E-state index in [2.05, 4.69) is 29.0 Å². The summed E-state index contributed by atoms with van der Waals surface area (Å²) in [5.74, 6) is 1.24. The van der Waals surface area contributed by atoms with Crippen LogP contribution in [0.5, 0.6) is 0 Å². The third kappa shape index (κ3) is 5.22. The monoisotopic (exact) mass is 422 g/mol. The average Bonchev–Trinajstić information content (AvgIpc) is 2.74. The van der Waals surface area contributed by atoms with E-state index >= 15 is 0 Å². The number of alkyl halides is 3. The van der Waals surface area contributed by atoms with Crippen molar-refractivity contribution < 1.29 is 13.2 Å². The Morgan fingerprint density at radius 2 is 1.80 bits per heavy atom. The van der Waals surface area contributed by atoms with Gasteiger partial charge in [-0.15, -0.1) is 0 Å². The van der Waals surface area contributed by atoms with Crippen molar-refractivity contribution >= 4 is 11.7 Å². The number of anilines is 1. The highest BCUT2D eigenvalue weighted by molar-refractivity contribution is 5.92. The molecule has 3 rings (SSSR count). The fourth-order valence-corrected chi connectivity index (χ4v) is 4.17. The van der Waals surface area contributed by atoms with Crippen molar-refractivity contribution in [3.63, 3.8) is 0 Å². The molecule has 2 fully saturated rings. The average molecular weight is 422 g/mol. The number of piperazine rings is 1. The van der Waals surface area contributed by atoms with Crippen molar-refractivity contribution in [2.45, 2.75) is 63.7 Å². The van der Waals surface area contributed by atoms with Gasteiger partial charge in [0, 0.05) is 32.4 Å². The third-order valence-electron chi connectivity index (χ3n) is 6.11. The number of aliphatic imine (C=N–C) groups is 1. The Hall–Kier alpha value is -2.34. The van der Waals surface area contributed by atoms with Crippen molar-refractivity contribution in [2.24, 2.45) is 4.99 Å². The minimum Gasteiger partial charge on any atom is -0.354 e. The van der Waals surface area contributed by atoms with Gasteiger partial charge >= 0.3 is 6.18 Å². The molecule has 0 amide bonds. The van der Waals surface area contributed by atoms with Gasteiger partial charge in [-0.1, -0.05) is 19.3 Å². The van der Waals surface area contributed by atoms with Crippen LogP contribution in [-0.4, -0.2) is 53.5 Å². The largest absolute Gasteiger partial charge is 0.417 e. The molecule has 6 nitrogen and oxygen atoms in total. The van der Waals surface area contributed by atoms with Crippen LogP contribution in [0.1, 0.15) is 51.5 Å². The molecule has 1 saturated heterocycles. The van der Waals surface area contributed by atoms with Gasteiger partial charge in [-0.3, -0.25) is 15.2 Å². The Morgan fingerprint density at radius 1 is 1.13 bits per heavy atom. The lowest BCUT2D eigenvalue weighted by atomic mass is 9.94. The number of pyridine rings is 1. The van der Waals surface area contributed by atoms with Gasteiger partial charge in [-0.2, -0.15) is 18.4 Å². The van der Waals surface area contributed by atoms with Gasteiger partial charge in [0.25, 0.3) is 0 Å². The molecular weight excluding hydrogens is 393 g/mol. The summed E-state index contributed by atoms with van der Waals surface area (Å²) in [5, 5.41) is 12.1. The van der Waals surface area contributed by atoms with Gasteiger partial charge in [0.2, 0.25) is 0 Å². The lowest BCUT2D eigenvalue weighted by molar-refractivity contribution is -0.137. The smallest absolute Gasteiger partial charge is 0.354 e. The number of nitriles is 1. The summed E-state index contributed by atoms with van der Waals surface area (Å²) in [5.41, 5.74) is -1.18. The van der Waals surface area contributed by atoms with Crippen LogP contribution < -0.4 is 10.2 Å². The van der Waals surface area contributed by atoms with Gasteiger partial charge in [0.1, 0.15) is 11.7 Å². The van der Waals surface area contributed by atoms with Gasteiger partial charge in [-0.25, -0.2) is 4.98 Å². The first kappa shape index (κ1) is 22.3. The quantitative estimate of drug-likeness (QED) is 0.346. The van der Waals surface area contributed by atoms with E-state index in [0.29, 0.717) is 37.8 Å². The lowest BCUT2D eigenvalue weighted by Crippen LogP contribution is -2.60. The summed E-state index contributed by atoms with van der Waals surface area (Å²) in [6, 6.07) is 2.76. The highest BCUT2D eigenvalue weighted by Gasteiger charge is 2.36. The fourth-order valence-electron chi connectivity index (χ4n) is 4.17. The van der Waals surface area contributed by atoms with E-state index < -0.39 is 17.3 Å². The molecule has 0 aromatic carbocycles. The maximum absolute atomic E-state index is 12.8. The number of nitrogens with one attached hydrogen (secondary N) is 1. The SMILES string of the molecule is CC(C)(C(=NC1CCCCC1)NC#N)N1CCN(c2ccc(C(F)(F)F)cn2)CC1. The second-order valence-electron chi connectivity index (χ2n) is 8.44. The predicted octanol–water partition coefficient (Wildman–Crippen LogP) is 3.80. The predicted molar refractivity (Wildman–Crippen MR) is 110 cm³/mol. The summed E-state index contributed by atoms with van der Waals surface area (Å²) in [4.78, 5) is 13.1. The normalized spacial score (nSPS) is 20.1. The van der Waals surface area contributed by atoms with Crippen molar-refractivity contribution in [1.29, 1.82) is 5.26 Å². The van der Waals surface area contributed by atoms with Crippen LogP contribution in [-0.2, 0) is 6.18 Å². The molecule has 30 heavy (non-hydrogen) atoms. The Balaban J connectivity index is 1.66. The number of hydrogen-bond acceptors (Lipinski definition) is 5. The zero-order chi connectivity index (χ0) is 21.8. The van der Waals surface area contributed by atoms with Gasteiger partial charge < -0.3 is 4.90 Å². The standard InChI is InChI=1S/C21H29F3N6/c1-20(2,19(27-15-25)28-17-6-4-3-5-7-17)30-12-10-29(11-13-30)18-9-8-16(14-26-18)21(22,23)24/h8-9,14,17H,3-7,10-13H2,1-2H3,(H,27,28). The van der Waals surface area contributed by atoms with Crippen LogP contribution in [0.4, 0.5) is 19.0 Å². The number of halogens is 3. The summed E-state index contributed by atoms with van der Waals surface area (Å²) in [6.45, 7) is 6.81. The van der Waals surface area contributed by atoms with Crippen molar-refractivity contribution in [3.8, 4) is 6.19 Å². The Bertz CT molecular complexity index is 767. The van der Waals surface area contributed by atoms with Crippen LogP contribution >= 0.6 is 0 Å². The summed E-state index contributed by atoms with van der Waals surface area (Å²) in [7, 11) is 0. The molecule has 1 saturated carbocycles. The molecule has 1 aromatic rings. The molecule has 0 radical (unpaired) electrons. The van der Waals surface area contributed by atoms with Crippen molar-refractivity contribution in [3.05, 3.63) is 23.9 Å². The third-order valence-corrected chi connectivity index (χ3v) is 6.11. The highest BCUT2D eigenvalue weighted by Crippen LogP contribution is 2.30. The molecule has 1 aromatic heterocycles. The molecule has 1 aliphatic carbocycles. The van der Waals surface area contributed by atoms with Gasteiger partial charge in [0.05, 0.1) is 17.1 Å². The van der Waals surface area contributed by atoms with Crippen LogP contribution in [0.25, 0.3) is 0 Å². The molecule has 2 aliphatic rings. The van der Waals surface area contributed by atoms with E-state index in [9.17, 15) is 18.4 Å². The van der Waals surface area contributed by atoms with Crippen molar-refractivity contribution in [2.75, 3.05) is 31.1 Å². The zero-order valence-corrected chi connectivity index (χ0v) is 17.5. The second-order valence-corrected chi connectivity index (χ2v) is 8.44. The van der Waals surface area contributed by atoms with Crippen molar-refractivity contribution in [1.82, 2.24) is 15.2 Å². The van der Waals surface area contributed by atoms with E-state index in [1.807, 2.05) is 11.1 Å². The number of amidine groups is 1. The highest BCUT2D eigenvalue weighted by atomic mass is 19.4. The van der Waals surface area contributed by atoms with E-state index in [4.69, 9.17) is 4.99 Å². The van der Waals surface area contributed by atoms with Crippen LogP contribution in [0.3, 0.4) is 0 Å². The first-order chi connectivity index (χ1) is 14.2. The second kappa shape index (κ2) is 9.21. The molecular formula is C21H29F3N6. The minimum absolute atomic E-state index is 0.256.